The molecule has 1 saturated heterocycles. The third-order valence-electron chi connectivity index (χ3n) is 2.82. The van der Waals surface area contributed by atoms with Crippen LogP contribution < -0.4 is 0 Å². The lowest BCUT2D eigenvalue weighted by atomic mass is 10.3. The Morgan fingerprint density at radius 2 is 2.08 bits per heavy atom. The van der Waals surface area contributed by atoms with E-state index in [0.29, 0.717) is 11.8 Å². The summed E-state index contributed by atoms with van der Waals surface area (Å²) in [6.07, 6.45) is 0. The van der Waals surface area contributed by atoms with Crippen LogP contribution in [0, 0.1) is 17.8 Å². The summed E-state index contributed by atoms with van der Waals surface area (Å²) in [6, 6.07) is 0. The Hall–Kier alpha value is -0.610. The second-order valence-electron chi connectivity index (χ2n) is 3.41. The van der Waals surface area contributed by atoms with E-state index in [1.165, 1.54) is 12.2 Å². The van der Waals surface area contributed by atoms with Crippen LogP contribution in [0.3, 0.4) is 0 Å². The second-order valence-corrected chi connectivity index (χ2v) is 3.41. The summed E-state index contributed by atoms with van der Waals surface area (Å²) < 4.78 is 5.19. The molecule has 2 atom stereocenters. The van der Waals surface area contributed by atoms with E-state index in [9.17, 15) is 4.79 Å². The number of ether oxygens (including phenoxy) is 1. The average molecular weight is 171 g/mol. The second kappa shape index (κ2) is 2.71. The van der Waals surface area contributed by atoms with Gasteiger partial charge in [-0.25, -0.2) is 5.06 Å². The number of hydrogen-bond donors (Lipinski definition) is 0. The van der Waals surface area contributed by atoms with E-state index >= 15 is 0 Å². The third-order valence-corrected chi connectivity index (χ3v) is 2.82. The summed E-state index contributed by atoms with van der Waals surface area (Å²) in [5, 5.41) is 1.31. The first-order valence-electron chi connectivity index (χ1n) is 4.15. The van der Waals surface area contributed by atoms with Crippen molar-refractivity contribution in [1.82, 2.24) is 5.06 Å². The Labute approximate surface area is 71.4 Å². The van der Waals surface area contributed by atoms with Gasteiger partial charge in [0.1, 0.15) is 0 Å². The normalized spacial score (nSPS) is 37.7. The highest BCUT2D eigenvalue weighted by molar-refractivity contribution is 5.81. The molecule has 1 amide bonds. The topological polar surface area (TPSA) is 38.8 Å². The first-order chi connectivity index (χ1) is 5.75. The highest BCUT2D eigenvalue weighted by Crippen LogP contribution is 2.51. The Kier molecular flexibility index (Phi) is 1.81. The Morgan fingerprint density at radius 3 is 2.58 bits per heavy atom. The molecule has 0 aromatic carbocycles. The average Bonchev–Trinajstić information content (AvgIpc) is 2.56. The van der Waals surface area contributed by atoms with Gasteiger partial charge in [0.25, 0.3) is 0 Å². The van der Waals surface area contributed by atoms with Gasteiger partial charge in [-0.05, 0) is 0 Å². The molecule has 1 aliphatic heterocycles. The smallest absolute Gasteiger partial charge is 0.249 e. The van der Waals surface area contributed by atoms with Crippen molar-refractivity contribution in [2.45, 2.75) is 0 Å². The van der Waals surface area contributed by atoms with E-state index < -0.39 is 0 Å². The molecule has 0 aromatic rings. The number of fused-ring (bicyclic) bond motifs is 1. The Bertz CT molecular complexity index is 196. The van der Waals surface area contributed by atoms with Gasteiger partial charge >= 0.3 is 0 Å². The summed E-state index contributed by atoms with van der Waals surface area (Å²) in [5.74, 6) is 1.20. The van der Waals surface area contributed by atoms with E-state index in [0.717, 1.165) is 13.2 Å². The van der Waals surface area contributed by atoms with E-state index in [2.05, 4.69) is 0 Å². The van der Waals surface area contributed by atoms with E-state index in [-0.39, 0.29) is 11.8 Å². The lowest BCUT2D eigenvalue weighted by molar-refractivity contribution is -0.171. The molecule has 2 rings (SSSR count). The van der Waals surface area contributed by atoms with Gasteiger partial charge in [-0.2, -0.15) is 0 Å². The van der Waals surface area contributed by atoms with Crippen LogP contribution in [0.5, 0.6) is 0 Å². The molecule has 4 nitrogen and oxygen atoms in total. The number of rotatable bonds is 2. The number of hydrogen-bond acceptors (Lipinski definition) is 3. The van der Waals surface area contributed by atoms with Crippen LogP contribution in [0.4, 0.5) is 0 Å². The van der Waals surface area contributed by atoms with Crippen molar-refractivity contribution in [1.29, 1.82) is 0 Å². The standard InChI is InChI=1S/C8H13NO3/c1-9(11-2)8(10)7-5-3-12-4-6(5)7/h5-7H,3-4H2,1-2H3. The Morgan fingerprint density at radius 1 is 1.50 bits per heavy atom. The first-order valence-corrected chi connectivity index (χ1v) is 4.15. The number of carbonyl (C=O) groups is 1. The van der Waals surface area contributed by atoms with Gasteiger partial charge in [-0.3, -0.25) is 9.63 Å². The third kappa shape index (κ3) is 1.03. The lowest BCUT2D eigenvalue weighted by Gasteiger charge is -2.14. The summed E-state index contributed by atoms with van der Waals surface area (Å²) in [7, 11) is 3.16. The van der Waals surface area contributed by atoms with Gasteiger partial charge in [-0.1, -0.05) is 0 Å². The van der Waals surface area contributed by atoms with Crippen molar-refractivity contribution in [3.8, 4) is 0 Å². The van der Waals surface area contributed by atoms with Gasteiger partial charge in [0, 0.05) is 18.9 Å². The number of carbonyl (C=O) groups excluding carboxylic acids is 1. The number of amides is 1. The molecule has 68 valence electrons. The van der Waals surface area contributed by atoms with Crippen LogP contribution >= 0.6 is 0 Å². The highest BCUT2D eigenvalue weighted by Gasteiger charge is 2.58. The van der Waals surface area contributed by atoms with Crippen LogP contribution in [0.25, 0.3) is 0 Å². The fourth-order valence-electron chi connectivity index (χ4n) is 1.91. The summed E-state index contributed by atoms with van der Waals surface area (Å²) in [4.78, 5) is 16.3. The molecule has 0 bridgehead atoms. The minimum Gasteiger partial charge on any atom is -0.381 e. The van der Waals surface area contributed by atoms with Gasteiger partial charge < -0.3 is 4.74 Å². The Balaban J connectivity index is 1.91. The zero-order valence-electron chi connectivity index (χ0n) is 7.32. The zero-order valence-corrected chi connectivity index (χ0v) is 7.32. The van der Waals surface area contributed by atoms with Crippen molar-refractivity contribution in [2.75, 3.05) is 27.4 Å². The van der Waals surface area contributed by atoms with Crippen LogP contribution in [-0.4, -0.2) is 38.3 Å². The van der Waals surface area contributed by atoms with Crippen molar-refractivity contribution >= 4 is 5.91 Å². The van der Waals surface area contributed by atoms with E-state index in [4.69, 9.17) is 9.57 Å². The SMILES string of the molecule is CON(C)C(=O)C1C2COCC21. The summed E-state index contributed by atoms with van der Waals surface area (Å²) >= 11 is 0. The van der Waals surface area contributed by atoms with Crippen molar-refractivity contribution in [3.05, 3.63) is 0 Å². The maximum atomic E-state index is 11.5. The monoisotopic (exact) mass is 171 g/mol. The van der Waals surface area contributed by atoms with E-state index in [1.54, 1.807) is 7.05 Å². The highest BCUT2D eigenvalue weighted by atomic mass is 16.7. The largest absolute Gasteiger partial charge is 0.381 e. The van der Waals surface area contributed by atoms with Crippen molar-refractivity contribution in [3.63, 3.8) is 0 Å². The molecule has 0 radical (unpaired) electrons. The molecule has 2 aliphatic rings. The molecule has 2 fully saturated rings. The van der Waals surface area contributed by atoms with Gasteiger partial charge in [0.05, 0.1) is 26.2 Å². The van der Waals surface area contributed by atoms with Gasteiger partial charge in [0.2, 0.25) is 5.91 Å². The lowest BCUT2D eigenvalue weighted by Crippen LogP contribution is -2.29. The van der Waals surface area contributed by atoms with Crippen molar-refractivity contribution in [2.24, 2.45) is 17.8 Å². The molecule has 1 heterocycles. The van der Waals surface area contributed by atoms with Gasteiger partial charge in [0.15, 0.2) is 0 Å². The first kappa shape index (κ1) is 8.01. The van der Waals surface area contributed by atoms with Crippen molar-refractivity contribution < 1.29 is 14.4 Å². The number of hydroxylamine groups is 2. The predicted octanol–water partition coefficient (Wildman–Crippen LogP) is -0.101. The maximum absolute atomic E-state index is 11.5. The van der Waals surface area contributed by atoms with E-state index in [1.807, 2.05) is 0 Å². The fourth-order valence-corrected chi connectivity index (χ4v) is 1.91. The minimum atomic E-state index is 0.0933. The fraction of sp³-hybridized carbons (Fsp3) is 0.875. The van der Waals surface area contributed by atoms with Crippen LogP contribution in [0.15, 0.2) is 0 Å². The molecule has 0 aromatic heterocycles. The molecule has 12 heavy (non-hydrogen) atoms. The van der Waals surface area contributed by atoms with Crippen LogP contribution in [0.1, 0.15) is 0 Å². The minimum absolute atomic E-state index is 0.0933. The molecular weight excluding hydrogens is 158 g/mol. The van der Waals surface area contributed by atoms with Gasteiger partial charge in [-0.15, -0.1) is 0 Å². The molecule has 0 spiro atoms. The molecular formula is C8H13NO3. The molecule has 4 heteroatoms. The van der Waals surface area contributed by atoms with Crippen LogP contribution in [0.2, 0.25) is 0 Å². The zero-order chi connectivity index (χ0) is 8.72. The molecule has 0 N–H and O–H groups in total. The summed E-state index contributed by atoms with van der Waals surface area (Å²) in [5.41, 5.74) is 0. The molecule has 1 saturated carbocycles. The number of nitrogens with zero attached hydrogens (tertiary/aromatic N) is 1. The molecule has 1 aliphatic carbocycles. The predicted molar refractivity (Wildman–Crippen MR) is 41.1 cm³/mol. The summed E-state index contributed by atoms with van der Waals surface area (Å²) in [6.45, 7) is 1.50. The maximum Gasteiger partial charge on any atom is 0.249 e. The van der Waals surface area contributed by atoms with Crippen LogP contribution in [-0.2, 0) is 14.4 Å². The molecule has 2 unspecified atom stereocenters. The quantitative estimate of drug-likeness (QED) is 0.544.